The highest BCUT2D eigenvalue weighted by Crippen LogP contribution is 2.22. The van der Waals surface area contributed by atoms with Gasteiger partial charge in [0.25, 0.3) is 0 Å². The normalized spacial score (nSPS) is 34.5. The van der Waals surface area contributed by atoms with Crippen molar-refractivity contribution in [3.05, 3.63) is 0 Å². The van der Waals surface area contributed by atoms with E-state index in [2.05, 4.69) is 10.2 Å². The lowest BCUT2D eigenvalue weighted by Gasteiger charge is -2.22. The number of piperidine rings is 1. The molecule has 0 aromatic rings. The molecule has 0 bridgehead atoms. The highest BCUT2D eigenvalue weighted by Gasteiger charge is 2.39. The molecular weight excluding hydrogens is 166 g/mol. The Hall–Kier alpha value is -0.610. The molecule has 0 saturated carbocycles. The van der Waals surface area contributed by atoms with Gasteiger partial charge in [0, 0.05) is 13.1 Å². The number of nitrogens with one attached hydrogen (secondary N) is 1. The van der Waals surface area contributed by atoms with E-state index in [4.69, 9.17) is 5.73 Å². The first-order valence-electron chi connectivity index (χ1n) is 5.01. The number of hydrogen-bond acceptors (Lipinski definition) is 3. The van der Waals surface area contributed by atoms with Crippen LogP contribution in [0.2, 0.25) is 0 Å². The fourth-order valence-electron chi connectivity index (χ4n) is 2.04. The van der Waals surface area contributed by atoms with Gasteiger partial charge in [-0.1, -0.05) is 0 Å². The van der Waals surface area contributed by atoms with Crippen molar-refractivity contribution in [1.82, 2.24) is 10.2 Å². The predicted octanol–water partition coefficient (Wildman–Crippen LogP) is -0.844. The van der Waals surface area contributed by atoms with Crippen LogP contribution >= 0.6 is 0 Å². The third-order valence-electron chi connectivity index (χ3n) is 2.99. The summed E-state index contributed by atoms with van der Waals surface area (Å²) in [5.41, 5.74) is 5.20. The Morgan fingerprint density at radius 3 is 2.69 bits per heavy atom. The predicted molar refractivity (Wildman–Crippen MR) is 50.1 cm³/mol. The summed E-state index contributed by atoms with van der Waals surface area (Å²) in [5.74, 6) is 0.611. The molecule has 2 fully saturated rings. The van der Waals surface area contributed by atoms with Crippen molar-refractivity contribution in [3.8, 4) is 0 Å². The Morgan fingerprint density at radius 1 is 1.46 bits per heavy atom. The Bertz CT molecular complexity index is 201. The molecule has 2 aliphatic rings. The summed E-state index contributed by atoms with van der Waals surface area (Å²) in [6, 6.07) is 0.0508. The van der Waals surface area contributed by atoms with Gasteiger partial charge in [0.15, 0.2) is 0 Å². The molecule has 2 saturated heterocycles. The smallest absolute Gasteiger partial charge is 0.236 e. The summed E-state index contributed by atoms with van der Waals surface area (Å²) < 4.78 is 0. The molecule has 0 aliphatic carbocycles. The number of hydrogen-bond donors (Lipinski definition) is 2. The summed E-state index contributed by atoms with van der Waals surface area (Å²) in [6.45, 7) is 4.20. The van der Waals surface area contributed by atoms with E-state index in [-0.39, 0.29) is 11.9 Å². The van der Waals surface area contributed by atoms with Crippen LogP contribution in [0.1, 0.15) is 12.8 Å². The van der Waals surface area contributed by atoms with Gasteiger partial charge in [0.2, 0.25) is 5.91 Å². The van der Waals surface area contributed by atoms with Gasteiger partial charge in [-0.25, -0.2) is 0 Å². The molecule has 74 valence electrons. The van der Waals surface area contributed by atoms with Crippen LogP contribution in [-0.4, -0.2) is 43.0 Å². The lowest BCUT2D eigenvalue weighted by molar-refractivity contribution is -0.118. The molecule has 2 aliphatic heterocycles. The Balaban J connectivity index is 1.70. The van der Waals surface area contributed by atoms with Crippen molar-refractivity contribution in [2.45, 2.75) is 18.9 Å². The number of rotatable bonds is 3. The number of carbonyl (C=O) groups is 1. The standard InChI is InChI=1S/C9H17N3O/c10-9(13)8-6-12(8)5-7-1-3-11-4-2-7/h7-8,11H,1-6H2,(H2,10,13). The fraction of sp³-hybridized carbons (Fsp3) is 0.889. The Labute approximate surface area is 78.5 Å². The van der Waals surface area contributed by atoms with Gasteiger partial charge in [-0.2, -0.15) is 0 Å². The molecule has 3 N–H and O–H groups in total. The minimum absolute atomic E-state index is 0.0508. The van der Waals surface area contributed by atoms with E-state index in [0.717, 1.165) is 32.1 Å². The molecule has 4 nitrogen and oxygen atoms in total. The van der Waals surface area contributed by atoms with Crippen molar-refractivity contribution in [2.75, 3.05) is 26.2 Å². The second-order valence-corrected chi connectivity index (χ2v) is 4.07. The van der Waals surface area contributed by atoms with Crippen LogP contribution in [0.15, 0.2) is 0 Å². The second-order valence-electron chi connectivity index (χ2n) is 4.07. The Morgan fingerprint density at radius 2 is 2.15 bits per heavy atom. The lowest BCUT2D eigenvalue weighted by atomic mass is 9.98. The molecule has 0 aromatic heterocycles. The van der Waals surface area contributed by atoms with E-state index < -0.39 is 0 Å². The molecule has 2 atom stereocenters. The minimum Gasteiger partial charge on any atom is -0.368 e. The zero-order valence-corrected chi connectivity index (χ0v) is 7.83. The minimum atomic E-state index is -0.158. The van der Waals surface area contributed by atoms with Crippen LogP contribution in [0, 0.1) is 5.92 Å². The molecule has 4 heteroatoms. The monoisotopic (exact) mass is 183 g/mol. The number of primary amides is 1. The first kappa shape index (κ1) is 8.97. The average molecular weight is 183 g/mol. The third kappa shape index (κ3) is 2.19. The number of carbonyl (C=O) groups excluding carboxylic acids is 1. The molecule has 1 amide bonds. The van der Waals surface area contributed by atoms with Gasteiger partial charge >= 0.3 is 0 Å². The van der Waals surface area contributed by atoms with Crippen LogP contribution in [0.3, 0.4) is 0 Å². The molecule has 2 rings (SSSR count). The second kappa shape index (κ2) is 3.64. The maximum atomic E-state index is 10.8. The first-order valence-corrected chi connectivity index (χ1v) is 5.01. The van der Waals surface area contributed by atoms with Gasteiger partial charge in [-0.05, 0) is 31.8 Å². The van der Waals surface area contributed by atoms with Gasteiger partial charge in [0.05, 0.1) is 0 Å². The largest absolute Gasteiger partial charge is 0.368 e. The number of nitrogens with zero attached hydrogens (tertiary/aromatic N) is 1. The topological polar surface area (TPSA) is 58.1 Å². The van der Waals surface area contributed by atoms with Crippen molar-refractivity contribution in [2.24, 2.45) is 11.7 Å². The Kier molecular flexibility index (Phi) is 2.51. The quantitative estimate of drug-likeness (QED) is 0.561. The molecule has 0 spiro atoms. The summed E-state index contributed by atoms with van der Waals surface area (Å²) in [5, 5.41) is 3.33. The summed E-state index contributed by atoms with van der Waals surface area (Å²) in [6.07, 6.45) is 2.48. The zero-order valence-electron chi connectivity index (χ0n) is 7.83. The number of nitrogens with two attached hydrogens (primary N) is 1. The van der Waals surface area contributed by atoms with E-state index in [0.29, 0.717) is 0 Å². The molecular formula is C9H17N3O. The van der Waals surface area contributed by atoms with E-state index in [9.17, 15) is 4.79 Å². The van der Waals surface area contributed by atoms with Gasteiger partial charge in [0.1, 0.15) is 6.04 Å². The average Bonchev–Trinajstić information content (AvgIpc) is 2.86. The first-order chi connectivity index (χ1) is 6.27. The zero-order chi connectivity index (χ0) is 9.26. The highest BCUT2D eigenvalue weighted by molar-refractivity contribution is 5.82. The van der Waals surface area contributed by atoms with Crippen LogP contribution in [0.4, 0.5) is 0 Å². The summed E-state index contributed by atoms with van der Waals surface area (Å²) >= 11 is 0. The van der Waals surface area contributed by atoms with Gasteiger partial charge < -0.3 is 11.1 Å². The molecule has 13 heavy (non-hydrogen) atoms. The maximum absolute atomic E-state index is 10.8. The molecule has 0 radical (unpaired) electrons. The van der Waals surface area contributed by atoms with Crippen LogP contribution < -0.4 is 11.1 Å². The molecule has 0 aromatic carbocycles. The SMILES string of the molecule is NC(=O)C1CN1CC1CCNCC1. The summed E-state index contributed by atoms with van der Waals surface area (Å²) in [7, 11) is 0. The molecule has 2 unspecified atom stereocenters. The van der Waals surface area contributed by atoms with E-state index >= 15 is 0 Å². The van der Waals surface area contributed by atoms with E-state index in [1.54, 1.807) is 0 Å². The van der Waals surface area contributed by atoms with Crippen LogP contribution in [0.5, 0.6) is 0 Å². The third-order valence-corrected chi connectivity index (χ3v) is 2.99. The van der Waals surface area contributed by atoms with E-state index in [1.807, 2.05) is 0 Å². The van der Waals surface area contributed by atoms with Crippen LogP contribution in [0.25, 0.3) is 0 Å². The van der Waals surface area contributed by atoms with Crippen molar-refractivity contribution >= 4 is 5.91 Å². The maximum Gasteiger partial charge on any atom is 0.236 e. The van der Waals surface area contributed by atoms with E-state index in [1.165, 1.54) is 12.8 Å². The van der Waals surface area contributed by atoms with Crippen molar-refractivity contribution in [1.29, 1.82) is 0 Å². The van der Waals surface area contributed by atoms with Crippen molar-refractivity contribution in [3.63, 3.8) is 0 Å². The number of amides is 1. The van der Waals surface area contributed by atoms with Gasteiger partial charge in [-0.15, -0.1) is 0 Å². The van der Waals surface area contributed by atoms with Crippen LogP contribution in [-0.2, 0) is 4.79 Å². The molecule has 2 heterocycles. The highest BCUT2D eigenvalue weighted by atomic mass is 16.1. The lowest BCUT2D eigenvalue weighted by Crippen LogP contribution is -2.32. The fourth-order valence-corrected chi connectivity index (χ4v) is 2.04. The van der Waals surface area contributed by atoms with Gasteiger partial charge in [-0.3, -0.25) is 9.69 Å². The summed E-state index contributed by atoms with van der Waals surface area (Å²) in [4.78, 5) is 13.0. The van der Waals surface area contributed by atoms with Crippen molar-refractivity contribution < 1.29 is 4.79 Å².